The van der Waals surface area contributed by atoms with Crippen LogP contribution in [0.25, 0.3) is 5.57 Å². The summed E-state index contributed by atoms with van der Waals surface area (Å²) in [5.41, 5.74) is 9.60. The minimum absolute atomic E-state index is 0.153. The zero-order valence-electron chi connectivity index (χ0n) is 17.1. The van der Waals surface area contributed by atoms with Crippen molar-refractivity contribution in [3.63, 3.8) is 0 Å². The molecular weight excluding hydrogens is 367 g/mol. The number of rotatable bonds is 7. The average Bonchev–Trinajstić information content (AvgIpc) is 3.46. The van der Waals surface area contributed by atoms with Crippen LogP contribution in [0.4, 0.5) is 4.39 Å². The second-order valence-electron chi connectivity index (χ2n) is 7.44. The Labute approximate surface area is 170 Å². The number of allylic oxidation sites excluding steroid dienone is 2. The molecule has 1 fully saturated rings. The van der Waals surface area contributed by atoms with E-state index < -0.39 is 5.54 Å². The maximum Gasteiger partial charge on any atom is 0.252 e. The second-order valence-corrected chi connectivity index (χ2v) is 7.44. The Morgan fingerprint density at radius 2 is 2.00 bits per heavy atom. The van der Waals surface area contributed by atoms with E-state index in [1.165, 1.54) is 12.1 Å². The summed E-state index contributed by atoms with van der Waals surface area (Å²) < 4.78 is 14.4. The fourth-order valence-electron chi connectivity index (χ4n) is 3.54. The van der Waals surface area contributed by atoms with Gasteiger partial charge in [-0.2, -0.15) is 0 Å². The summed E-state index contributed by atoms with van der Waals surface area (Å²) in [4.78, 5) is 17.0. The van der Waals surface area contributed by atoms with Crippen molar-refractivity contribution >= 4 is 17.7 Å². The molecule has 0 bridgehead atoms. The van der Waals surface area contributed by atoms with Gasteiger partial charge in [0.2, 0.25) is 0 Å². The SMILES string of the molecule is CN=C/C(=C(/C)N)c1cc(F)cc(C2(NC(=O)c3ccccc3CNC)CC2)c1. The van der Waals surface area contributed by atoms with Crippen molar-refractivity contribution in [1.82, 2.24) is 10.6 Å². The van der Waals surface area contributed by atoms with E-state index in [4.69, 9.17) is 5.73 Å². The first-order chi connectivity index (χ1) is 13.9. The van der Waals surface area contributed by atoms with Gasteiger partial charge in [-0.05, 0) is 67.8 Å². The fourth-order valence-corrected chi connectivity index (χ4v) is 3.54. The van der Waals surface area contributed by atoms with Crippen LogP contribution < -0.4 is 16.4 Å². The van der Waals surface area contributed by atoms with Crippen LogP contribution in [0, 0.1) is 5.82 Å². The number of carbonyl (C=O) groups excluding carboxylic acids is 1. The largest absolute Gasteiger partial charge is 0.402 e. The van der Waals surface area contributed by atoms with Gasteiger partial charge in [0, 0.05) is 36.6 Å². The quantitative estimate of drug-likeness (QED) is 0.630. The predicted octanol–water partition coefficient (Wildman–Crippen LogP) is 3.35. The third kappa shape index (κ3) is 4.54. The molecule has 0 saturated heterocycles. The highest BCUT2D eigenvalue weighted by atomic mass is 19.1. The zero-order chi connectivity index (χ0) is 21.0. The standard InChI is InChI=1S/C23H27FN4O/c1-15(25)21(14-27-3)17-10-18(12-19(24)11-17)23(8-9-23)28-22(29)20-7-5-4-6-16(20)13-26-2/h4-7,10-12,14,26H,8-9,13,25H2,1-3H3,(H,28,29)/b21-15+,27-14?. The fraction of sp³-hybridized carbons (Fsp3) is 0.304. The van der Waals surface area contributed by atoms with Gasteiger partial charge < -0.3 is 16.4 Å². The molecule has 5 nitrogen and oxygen atoms in total. The Balaban J connectivity index is 1.93. The number of carbonyl (C=O) groups is 1. The Bertz CT molecular complexity index is 973. The molecule has 152 valence electrons. The molecule has 1 saturated carbocycles. The summed E-state index contributed by atoms with van der Waals surface area (Å²) in [6.45, 7) is 2.36. The van der Waals surface area contributed by atoms with Gasteiger partial charge in [-0.15, -0.1) is 0 Å². The lowest BCUT2D eigenvalue weighted by Crippen LogP contribution is -2.35. The molecule has 0 spiro atoms. The van der Waals surface area contributed by atoms with E-state index in [0.717, 1.165) is 24.0 Å². The molecule has 6 heteroatoms. The third-order valence-electron chi connectivity index (χ3n) is 5.18. The van der Waals surface area contributed by atoms with E-state index in [0.29, 0.717) is 28.9 Å². The first-order valence-corrected chi connectivity index (χ1v) is 9.65. The summed E-state index contributed by atoms with van der Waals surface area (Å²) in [6, 6.07) is 12.3. The summed E-state index contributed by atoms with van der Waals surface area (Å²) in [5, 5.41) is 6.22. The van der Waals surface area contributed by atoms with Gasteiger partial charge in [-0.3, -0.25) is 9.79 Å². The second kappa shape index (κ2) is 8.57. The van der Waals surface area contributed by atoms with E-state index in [9.17, 15) is 9.18 Å². The van der Waals surface area contributed by atoms with Crippen LogP contribution in [-0.2, 0) is 12.1 Å². The van der Waals surface area contributed by atoms with Crippen LogP contribution in [0.15, 0.2) is 53.2 Å². The van der Waals surface area contributed by atoms with Crippen molar-refractivity contribution in [2.45, 2.75) is 31.8 Å². The van der Waals surface area contributed by atoms with Crippen LogP contribution in [-0.4, -0.2) is 26.2 Å². The number of halogens is 1. The van der Waals surface area contributed by atoms with Crippen LogP contribution >= 0.6 is 0 Å². The molecular formula is C23H27FN4O. The minimum Gasteiger partial charge on any atom is -0.402 e. The Morgan fingerprint density at radius 1 is 1.28 bits per heavy atom. The number of benzene rings is 2. The molecule has 1 aliphatic carbocycles. The van der Waals surface area contributed by atoms with Gasteiger partial charge >= 0.3 is 0 Å². The highest BCUT2D eigenvalue weighted by Gasteiger charge is 2.46. The molecule has 29 heavy (non-hydrogen) atoms. The molecule has 2 aromatic carbocycles. The van der Waals surface area contributed by atoms with Crippen molar-refractivity contribution < 1.29 is 9.18 Å². The number of nitrogens with one attached hydrogen (secondary N) is 2. The molecule has 1 amide bonds. The smallest absolute Gasteiger partial charge is 0.252 e. The lowest BCUT2D eigenvalue weighted by molar-refractivity contribution is 0.0929. The molecule has 4 N–H and O–H groups in total. The summed E-state index contributed by atoms with van der Waals surface area (Å²) >= 11 is 0. The molecule has 2 aromatic rings. The van der Waals surface area contributed by atoms with Crippen molar-refractivity contribution in [2.75, 3.05) is 14.1 Å². The number of hydrogen-bond acceptors (Lipinski definition) is 4. The Kier molecular flexibility index (Phi) is 6.13. The van der Waals surface area contributed by atoms with Gasteiger partial charge in [0.15, 0.2) is 0 Å². The predicted molar refractivity (Wildman–Crippen MR) is 115 cm³/mol. The number of hydrogen-bond donors (Lipinski definition) is 3. The first kappa shape index (κ1) is 20.7. The molecule has 0 atom stereocenters. The zero-order valence-corrected chi connectivity index (χ0v) is 17.1. The van der Waals surface area contributed by atoms with Gasteiger partial charge in [-0.1, -0.05) is 18.2 Å². The van der Waals surface area contributed by atoms with Gasteiger partial charge in [0.25, 0.3) is 5.91 Å². The molecule has 3 rings (SSSR count). The van der Waals surface area contributed by atoms with Gasteiger partial charge in [0.05, 0.1) is 5.54 Å². The average molecular weight is 394 g/mol. The molecule has 0 aromatic heterocycles. The monoisotopic (exact) mass is 394 g/mol. The summed E-state index contributed by atoms with van der Waals surface area (Å²) in [7, 11) is 3.49. The van der Waals surface area contributed by atoms with Crippen molar-refractivity contribution in [3.05, 3.63) is 76.2 Å². The lowest BCUT2D eigenvalue weighted by atomic mass is 9.96. The minimum atomic E-state index is -0.558. The van der Waals surface area contributed by atoms with E-state index >= 15 is 0 Å². The number of nitrogens with zero attached hydrogens (tertiary/aromatic N) is 1. The number of aliphatic imine (C=N–C) groups is 1. The van der Waals surface area contributed by atoms with Crippen molar-refractivity contribution in [1.29, 1.82) is 0 Å². The van der Waals surface area contributed by atoms with E-state index in [-0.39, 0.29) is 11.7 Å². The van der Waals surface area contributed by atoms with Crippen LogP contribution in [0.1, 0.15) is 46.8 Å². The highest BCUT2D eigenvalue weighted by molar-refractivity contribution is 6.10. The van der Waals surface area contributed by atoms with Crippen LogP contribution in [0.5, 0.6) is 0 Å². The molecule has 1 aliphatic rings. The lowest BCUT2D eigenvalue weighted by Gasteiger charge is -2.20. The number of nitrogens with two attached hydrogens (primary N) is 1. The maximum absolute atomic E-state index is 14.4. The Morgan fingerprint density at radius 3 is 2.62 bits per heavy atom. The normalized spacial score (nSPS) is 15.9. The topological polar surface area (TPSA) is 79.5 Å². The first-order valence-electron chi connectivity index (χ1n) is 9.65. The maximum atomic E-state index is 14.4. The van der Waals surface area contributed by atoms with E-state index in [1.807, 2.05) is 37.4 Å². The molecule has 0 unspecified atom stereocenters. The number of amides is 1. The van der Waals surface area contributed by atoms with E-state index in [2.05, 4.69) is 15.6 Å². The third-order valence-corrected chi connectivity index (χ3v) is 5.18. The Hall–Kier alpha value is -2.99. The van der Waals surface area contributed by atoms with Crippen LogP contribution in [0.2, 0.25) is 0 Å². The summed E-state index contributed by atoms with van der Waals surface area (Å²) in [5.74, 6) is -0.517. The van der Waals surface area contributed by atoms with E-state index in [1.54, 1.807) is 20.2 Å². The van der Waals surface area contributed by atoms with Gasteiger partial charge in [0.1, 0.15) is 5.82 Å². The highest BCUT2D eigenvalue weighted by Crippen LogP contribution is 2.46. The molecule has 0 radical (unpaired) electrons. The molecule has 0 aliphatic heterocycles. The van der Waals surface area contributed by atoms with Crippen LogP contribution in [0.3, 0.4) is 0 Å². The molecule has 0 heterocycles. The summed E-state index contributed by atoms with van der Waals surface area (Å²) in [6.07, 6.45) is 3.15. The van der Waals surface area contributed by atoms with Crippen molar-refractivity contribution in [3.8, 4) is 0 Å². The van der Waals surface area contributed by atoms with Crippen molar-refractivity contribution in [2.24, 2.45) is 10.7 Å². The van der Waals surface area contributed by atoms with Gasteiger partial charge in [-0.25, -0.2) is 4.39 Å².